The first-order valence-electron chi connectivity index (χ1n) is 6.65. The molecule has 0 aromatic heterocycles. The summed E-state index contributed by atoms with van der Waals surface area (Å²) >= 11 is 5.70. The Kier molecular flexibility index (Phi) is 5.46. The predicted molar refractivity (Wildman–Crippen MR) is 80.6 cm³/mol. The summed E-state index contributed by atoms with van der Waals surface area (Å²) in [5.74, 6) is -1.33. The van der Waals surface area contributed by atoms with Crippen LogP contribution in [0.1, 0.15) is 26.3 Å². The number of benzene rings is 2. The minimum atomic E-state index is -4.48. The minimum Gasteiger partial charge on any atom is -0.441 e. The summed E-state index contributed by atoms with van der Waals surface area (Å²) in [4.78, 5) is 23.5. The van der Waals surface area contributed by atoms with Crippen LogP contribution in [0.4, 0.5) is 13.2 Å². The second-order valence-corrected chi connectivity index (χ2v) is 5.10. The zero-order valence-corrected chi connectivity index (χ0v) is 12.8. The van der Waals surface area contributed by atoms with Crippen molar-refractivity contribution in [2.75, 3.05) is 6.73 Å². The van der Waals surface area contributed by atoms with Gasteiger partial charge in [0.25, 0.3) is 5.91 Å². The van der Waals surface area contributed by atoms with Crippen LogP contribution in [0, 0.1) is 0 Å². The number of rotatable bonds is 4. The quantitative estimate of drug-likeness (QED) is 0.667. The fourth-order valence-electron chi connectivity index (χ4n) is 1.75. The van der Waals surface area contributed by atoms with Crippen molar-refractivity contribution in [2.24, 2.45) is 0 Å². The van der Waals surface area contributed by atoms with Gasteiger partial charge in [0, 0.05) is 10.6 Å². The molecule has 1 amide bonds. The molecule has 4 nitrogen and oxygen atoms in total. The van der Waals surface area contributed by atoms with Crippen LogP contribution in [-0.4, -0.2) is 18.6 Å². The Balaban J connectivity index is 1.87. The monoisotopic (exact) mass is 357 g/mol. The van der Waals surface area contributed by atoms with Gasteiger partial charge in [0.2, 0.25) is 0 Å². The molecular formula is C16H11ClF3NO3. The van der Waals surface area contributed by atoms with Gasteiger partial charge in [-0.3, -0.25) is 4.79 Å². The lowest BCUT2D eigenvalue weighted by molar-refractivity contribution is -0.137. The largest absolute Gasteiger partial charge is 0.441 e. The van der Waals surface area contributed by atoms with Crippen molar-refractivity contribution in [2.45, 2.75) is 6.18 Å². The Morgan fingerprint density at radius 2 is 1.50 bits per heavy atom. The molecule has 0 aliphatic rings. The van der Waals surface area contributed by atoms with Crippen LogP contribution in [0.5, 0.6) is 0 Å². The lowest BCUT2D eigenvalue weighted by atomic mass is 10.1. The molecule has 0 radical (unpaired) electrons. The number of amides is 1. The summed E-state index contributed by atoms with van der Waals surface area (Å²) in [6.45, 7) is -0.415. The molecule has 0 heterocycles. The van der Waals surface area contributed by atoms with Gasteiger partial charge in [0.15, 0.2) is 6.73 Å². The van der Waals surface area contributed by atoms with Crippen LogP contribution in [0.25, 0.3) is 0 Å². The number of alkyl halides is 3. The topological polar surface area (TPSA) is 55.4 Å². The number of hydrogen-bond donors (Lipinski definition) is 1. The fourth-order valence-corrected chi connectivity index (χ4v) is 1.88. The van der Waals surface area contributed by atoms with E-state index < -0.39 is 30.3 Å². The molecule has 0 atom stereocenters. The van der Waals surface area contributed by atoms with Crippen LogP contribution >= 0.6 is 11.6 Å². The zero-order chi connectivity index (χ0) is 17.7. The van der Waals surface area contributed by atoms with Crippen LogP contribution in [0.3, 0.4) is 0 Å². The number of carbonyl (C=O) groups is 2. The summed E-state index contributed by atoms with van der Waals surface area (Å²) in [5, 5.41) is 2.82. The van der Waals surface area contributed by atoms with E-state index in [0.29, 0.717) is 10.6 Å². The van der Waals surface area contributed by atoms with E-state index in [-0.39, 0.29) is 5.56 Å². The maximum absolute atomic E-state index is 12.4. The van der Waals surface area contributed by atoms with Crippen molar-refractivity contribution >= 4 is 23.5 Å². The molecule has 0 fully saturated rings. The van der Waals surface area contributed by atoms with E-state index in [0.717, 1.165) is 24.3 Å². The van der Waals surface area contributed by atoms with Gasteiger partial charge in [-0.25, -0.2) is 4.79 Å². The van der Waals surface area contributed by atoms with E-state index in [1.807, 2.05) is 0 Å². The highest BCUT2D eigenvalue weighted by atomic mass is 35.5. The standard InChI is InChI=1S/C16H11ClF3NO3/c17-13-7-3-10(4-8-13)14(22)21-9-24-15(23)11-1-5-12(6-2-11)16(18,19)20/h1-8H,9H2,(H,21,22). The number of carbonyl (C=O) groups excluding carboxylic acids is 2. The minimum absolute atomic E-state index is 0.0521. The lowest BCUT2D eigenvalue weighted by Gasteiger charge is -2.09. The average Bonchev–Trinajstić information content (AvgIpc) is 2.54. The smallest absolute Gasteiger partial charge is 0.416 e. The molecule has 2 aromatic carbocycles. The first kappa shape index (κ1) is 17.8. The molecule has 1 N–H and O–H groups in total. The van der Waals surface area contributed by atoms with Crippen molar-refractivity contribution in [3.05, 3.63) is 70.2 Å². The van der Waals surface area contributed by atoms with Crippen molar-refractivity contribution in [3.8, 4) is 0 Å². The van der Waals surface area contributed by atoms with E-state index in [4.69, 9.17) is 16.3 Å². The third-order valence-corrected chi connectivity index (χ3v) is 3.24. The lowest BCUT2D eigenvalue weighted by Crippen LogP contribution is -2.27. The molecule has 2 aromatic rings. The Hall–Kier alpha value is -2.54. The van der Waals surface area contributed by atoms with Crippen molar-refractivity contribution < 1.29 is 27.5 Å². The maximum Gasteiger partial charge on any atom is 0.416 e. The molecule has 8 heteroatoms. The highest BCUT2D eigenvalue weighted by Gasteiger charge is 2.30. The summed E-state index contributed by atoms with van der Waals surface area (Å²) in [5.41, 5.74) is -0.594. The molecule has 0 aliphatic heterocycles. The van der Waals surface area contributed by atoms with Gasteiger partial charge in [0.1, 0.15) is 0 Å². The van der Waals surface area contributed by atoms with Gasteiger partial charge in [-0.15, -0.1) is 0 Å². The van der Waals surface area contributed by atoms with E-state index in [9.17, 15) is 22.8 Å². The van der Waals surface area contributed by atoms with Gasteiger partial charge in [0.05, 0.1) is 11.1 Å². The normalized spacial score (nSPS) is 11.0. The van der Waals surface area contributed by atoms with Crippen LogP contribution in [-0.2, 0) is 10.9 Å². The average molecular weight is 358 g/mol. The number of esters is 1. The third-order valence-electron chi connectivity index (χ3n) is 2.99. The molecule has 2 rings (SSSR count). The Morgan fingerprint density at radius 1 is 0.958 bits per heavy atom. The molecule has 0 aliphatic carbocycles. The van der Waals surface area contributed by atoms with Crippen molar-refractivity contribution in [1.29, 1.82) is 0 Å². The SMILES string of the molecule is O=C(NCOC(=O)c1ccc(C(F)(F)F)cc1)c1ccc(Cl)cc1. The van der Waals surface area contributed by atoms with Crippen LogP contribution < -0.4 is 5.32 Å². The number of ether oxygens (including phenoxy) is 1. The number of hydrogen-bond acceptors (Lipinski definition) is 3. The molecule has 0 saturated carbocycles. The molecule has 0 saturated heterocycles. The first-order valence-corrected chi connectivity index (χ1v) is 7.03. The molecule has 0 bridgehead atoms. The second kappa shape index (κ2) is 7.35. The second-order valence-electron chi connectivity index (χ2n) is 4.66. The van der Waals surface area contributed by atoms with E-state index in [1.54, 1.807) is 0 Å². The zero-order valence-electron chi connectivity index (χ0n) is 12.1. The Labute approximate surface area is 140 Å². The first-order chi connectivity index (χ1) is 11.3. The molecule has 0 spiro atoms. The van der Waals surface area contributed by atoms with Gasteiger partial charge in [-0.2, -0.15) is 13.2 Å². The molecular weight excluding hydrogens is 347 g/mol. The van der Waals surface area contributed by atoms with E-state index in [1.165, 1.54) is 24.3 Å². The van der Waals surface area contributed by atoms with Gasteiger partial charge < -0.3 is 10.1 Å². The summed E-state index contributed by atoms with van der Waals surface area (Å²) < 4.78 is 42.1. The maximum atomic E-state index is 12.4. The Bertz CT molecular complexity index is 728. The van der Waals surface area contributed by atoms with Crippen LogP contribution in [0.15, 0.2) is 48.5 Å². The molecule has 24 heavy (non-hydrogen) atoms. The summed E-state index contributed by atoms with van der Waals surface area (Å²) in [7, 11) is 0. The van der Waals surface area contributed by atoms with Gasteiger partial charge in [-0.05, 0) is 48.5 Å². The van der Waals surface area contributed by atoms with Crippen LogP contribution in [0.2, 0.25) is 5.02 Å². The summed E-state index contributed by atoms with van der Waals surface area (Å²) in [6.07, 6.45) is -4.48. The highest BCUT2D eigenvalue weighted by Crippen LogP contribution is 2.29. The Morgan fingerprint density at radius 3 is 2.04 bits per heavy atom. The van der Waals surface area contributed by atoms with Gasteiger partial charge >= 0.3 is 12.1 Å². The number of nitrogens with one attached hydrogen (secondary N) is 1. The van der Waals surface area contributed by atoms with Crippen molar-refractivity contribution in [1.82, 2.24) is 5.32 Å². The highest BCUT2D eigenvalue weighted by molar-refractivity contribution is 6.30. The van der Waals surface area contributed by atoms with E-state index >= 15 is 0 Å². The molecule has 0 unspecified atom stereocenters. The van der Waals surface area contributed by atoms with Crippen molar-refractivity contribution in [3.63, 3.8) is 0 Å². The summed E-state index contributed by atoms with van der Waals surface area (Å²) in [6, 6.07) is 9.63. The predicted octanol–water partition coefficient (Wildman–Crippen LogP) is 3.90. The van der Waals surface area contributed by atoms with E-state index in [2.05, 4.69) is 5.32 Å². The molecule has 126 valence electrons. The fraction of sp³-hybridized carbons (Fsp3) is 0.125. The third kappa shape index (κ3) is 4.73. The number of halogens is 4. The van der Waals surface area contributed by atoms with Gasteiger partial charge in [-0.1, -0.05) is 11.6 Å².